The van der Waals surface area contributed by atoms with Crippen molar-refractivity contribution in [3.05, 3.63) is 94.1 Å². The van der Waals surface area contributed by atoms with E-state index in [1.54, 1.807) is 43.5 Å². The van der Waals surface area contributed by atoms with E-state index >= 15 is 0 Å². The first kappa shape index (κ1) is 26.0. The number of aliphatic hydroxyl groups excluding tert-OH is 1. The van der Waals surface area contributed by atoms with Crippen LogP contribution in [0.4, 0.5) is 5.69 Å². The lowest BCUT2D eigenvalue weighted by molar-refractivity contribution is -0.132. The number of benzene rings is 3. The minimum absolute atomic E-state index is 0.0356. The van der Waals surface area contributed by atoms with Crippen molar-refractivity contribution in [2.75, 3.05) is 18.6 Å². The van der Waals surface area contributed by atoms with Gasteiger partial charge in [-0.2, -0.15) is 0 Å². The van der Waals surface area contributed by atoms with Gasteiger partial charge in [-0.3, -0.25) is 14.5 Å². The second-order valence-electron chi connectivity index (χ2n) is 9.92. The Kier molecular flexibility index (Phi) is 7.39. The van der Waals surface area contributed by atoms with Gasteiger partial charge >= 0.3 is 0 Å². The standard InChI is InChI=1S/C31H33NO5/c1-18(2)17-37-26-13-11-23(15-21(26)5)29(33)27-28(22-8-7-9-24(16-22)36-6)32(31(35)30(27)34)25-12-10-19(3)14-20(25)4/h7-16,18,28,33H,17H2,1-6H3/b29-27+. The fraction of sp³-hybridized carbons (Fsp3) is 0.290. The van der Waals surface area contributed by atoms with Crippen molar-refractivity contribution in [1.82, 2.24) is 0 Å². The fourth-order valence-electron chi connectivity index (χ4n) is 4.65. The lowest BCUT2D eigenvalue weighted by Gasteiger charge is -2.27. The normalized spacial score (nSPS) is 16.9. The van der Waals surface area contributed by atoms with E-state index in [0.29, 0.717) is 40.8 Å². The number of ether oxygens (including phenoxy) is 2. The molecule has 4 rings (SSSR count). The topological polar surface area (TPSA) is 76.1 Å². The molecule has 0 aliphatic carbocycles. The number of methoxy groups -OCH3 is 1. The highest BCUT2D eigenvalue weighted by molar-refractivity contribution is 6.51. The number of hydrogen-bond acceptors (Lipinski definition) is 5. The smallest absolute Gasteiger partial charge is 0.300 e. The lowest BCUT2D eigenvalue weighted by atomic mass is 9.94. The van der Waals surface area contributed by atoms with E-state index in [0.717, 1.165) is 16.7 Å². The molecule has 0 spiro atoms. The Morgan fingerprint density at radius 1 is 0.973 bits per heavy atom. The zero-order valence-corrected chi connectivity index (χ0v) is 22.2. The van der Waals surface area contributed by atoms with E-state index in [1.165, 1.54) is 4.90 Å². The predicted molar refractivity (Wildman–Crippen MR) is 145 cm³/mol. The Bertz CT molecular complexity index is 1390. The molecule has 6 heteroatoms. The van der Waals surface area contributed by atoms with Crippen LogP contribution >= 0.6 is 0 Å². The van der Waals surface area contributed by atoms with Gasteiger partial charge in [0.25, 0.3) is 11.7 Å². The number of anilines is 1. The summed E-state index contributed by atoms with van der Waals surface area (Å²) in [5.41, 5.74) is 4.49. The molecule has 1 fully saturated rings. The molecule has 0 aromatic heterocycles. The van der Waals surface area contributed by atoms with Crippen LogP contribution in [0.15, 0.2) is 66.2 Å². The van der Waals surface area contributed by atoms with Crippen molar-refractivity contribution in [1.29, 1.82) is 0 Å². The Hall–Kier alpha value is -4.06. The molecular formula is C31H33NO5. The summed E-state index contributed by atoms with van der Waals surface area (Å²) >= 11 is 0. The number of ketones is 1. The molecule has 0 radical (unpaired) electrons. The fourth-order valence-corrected chi connectivity index (χ4v) is 4.65. The van der Waals surface area contributed by atoms with Crippen molar-refractivity contribution in [2.45, 2.75) is 40.7 Å². The highest BCUT2D eigenvalue weighted by Crippen LogP contribution is 2.44. The molecule has 0 saturated carbocycles. The van der Waals surface area contributed by atoms with Gasteiger partial charge in [0.05, 0.1) is 25.3 Å². The minimum atomic E-state index is -0.825. The van der Waals surface area contributed by atoms with Gasteiger partial charge in [-0.05, 0) is 79.8 Å². The summed E-state index contributed by atoms with van der Waals surface area (Å²) in [5, 5.41) is 11.5. The number of amides is 1. The maximum absolute atomic E-state index is 13.5. The molecule has 1 aliphatic rings. The van der Waals surface area contributed by atoms with Crippen molar-refractivity contribution in [3.8, 4) is 11.5 Å². The van der Waals surface area contributed by atoms with Crippen LogP contribution in [0.25, 0.3) is 5.76 Å². The average Bonchev–Trinajstić information content (AvgIpc) is 3.13. The zero-order valence-electron chi connectivity index (χ0n) is 22.2. The predicted octanol–water partition coefficient (Wildman–Crippen LogP) is 6.28. The van der Waals surface area contributed by atoms with Gasteiger partial charge < -0.3 is 14.6 Å². The quantitative estimate of drug-likeness (QED) is 0.235. The minimum Gasteiger partial charge on any atom is -0.507 e. The summed E-state index contributed by atoms with van der Waals surface area (Å²) < 4.78 is 11.3. The zero-order chi connectivity index (χ0) is 26.9. The lowest BCUT2D eigenvalue weighted by Crippen LogP contribution is -2.30. The van der Waals surface area contributed by atoms with E-state index in [9.17, 15) is 14.7 Å². The SMILES string of the molecule is COc1cccc(C2/C(=C(\O)c3ccc(OCC(C)C)c(C)c3)C(=O)C(=O)N2c2ccc(C)cc2C)c1. The molecule has 1 saturated heterocycles. The Balaban J connectivity index is 1.89. The van der Waals surface area contributed by atoms with Crippen LogP contribution in [0.2, 0.25) is 0 Å². The van der Waals surface area contributed by atoms with Crippen LogP contribution in [0.1, 0.15) is 47.7 Å². The third kappa shape index (κ3) is 5.10. The summed E-state index contributed by atoms with van der Waals surface area (Å²) in [5.74, 6) is 0.0306. The van der Waals surface area contributed by atoms with Gasteiger partial charge in [-0.25, -0.2) is 0 Å². The van der Waals surface area contributed by atoms with Crippen LogP contribution in [-0.2, 0) is 9.59 Å². The Labute approximate surface area is 218 Å². The summed E-state index contributed by atoms with van der Waals surface area (Å²) in [7, 11) is 1.56. The number of nitrogens with zero attached hydrogens (tertiary/aromatic N) is 1. The maximum atomic E-state index is 13.5. The summed E-state index contributed by atoms with van der Waals surface area (Å²) in [6.45, 7) is 10.5. The second-order valence-corrected chi connectivity index (χ2v) is 9.92. The van der Waals surface area contributed by atoms with E-state index in [1.807, 2.05) is 45.0 Å². The van der Waals surface area contributed by atoms with Gasteiger partial charge in [0, 0.05) is 11.3 Å². The number of aliphatic hydroxyl groups is 1. The van der Waals surface area contributed by atoms with Gasteiger partial charge in [-0.1, -0.05) is 43.7 Å². The van der Waals surface area contributed by atoms with Crippen LogP contribution in [0, 0.1) is 26.7 Å². The van der Waals surface area contributed by atoms with E-state index in [4.69, 9.17) is 9.47 Å². The van der Waals surface area contributed by atoms with E-state index < -0.39 is 17.7 Å². The molecule has 1 atom stereocenters. The number of hydrogen-bond donors (Lipinski definition) is 1. The second kappa shape index (κ2) is 10.5. The Morgan fingerprint density at radius 2 is 1.73 bits per heavy atom. The molecule has 0 bridgehead atoms. The molecule has 1 aliphatic heterocycles. The summed E-state index contributed by atoms with van der Waals surface area (Å²) in [6, 6.07) is 17.4. The number of carbonyl (C=O) groups excluding carboxylic acids is 2. The monoisotopic (exact) mass is 499 g/mol. The third-order valence-electron chi connectivity index (χ3n) is 6.49. The van der Waals surface area contributed by atoms with Crippen molar-refractivity contribution < 1.29 is 24.2 Å². The number of Topliss-reactive ketones (excluding diaryl/α,β-unsaturated/α-hetero) is 1. The summed E-state index contributed by atoms with van der Waals surface area (Å²) in [6.07, 6.45) is 0. The molecular weight excluding hydrogens is 466 g/mol. The van der Waals surface area contributed by atoms with E-state index in [-0.39, 0.29) is 11.3 Å². The highest BCUT2D eigenvalue weighted by Gasteiger charge is 2.47. The van der Waals surface area contributed by atoms with E-state index in [2.05, 4.69) is 13.8 Å². The van der Waals surface area contributed by atoms with Crippen LogP contribution in [-0.4, -0.2) is 30.5 Å². The molecule has 1 N–H and O–H groups in total. The molecule has 6 nitrogen and oxygen atoms in total. The maximum Gasteiger partial charge on any atom is 0.300 e. The number of carbonyl (C=O) groups is 2. The van der Waals surface area contributed by atoms with Crippen LogP contribution in [0.5, 0.6) is 11.5 Å². The van der Waals surface area contributed by atoms with Gasteiger partial charge in [-0.15, -0.1) is 0 Å². The first-order valence-corrected chi connectivity index (χ1v) is 12.4. The molecule has 3 aromatic carbocycles. The molecule has 1 amide bonds. The van der Waals surface area contributed by atoms with Crippen molar-refractivity contribution in [2.24, 2.45) is 5.92 Å². The highest BCUT2D eigenvalue weighted by atomic mass is 16.5. The Morgan fingerprint density at radius 3 is 2.38 bits per heavy atom. The van der Waals surface area contributed by atoms with Gasteiger partial charge in [0.15, 0.2) is 0 Å². The molecule has 37 heavy (non-hydrogen) atoms. The van der Waals surface area contributed by atoms with Gasteiger partial charge in [0.2, 0.25) is 0 Å². The molecule has 3 aromatic rings. The molecule has 1 unspecified atom stereocenters. The van der Waals surface area contributed by atoms with Crippen molar-refractivity contribution >= 4 is 23.1 Å². The number of aryl methyl sites for hydroxylation is 3. The molecule has 192 valence electrons. The van der Waals surface area contributed by atoms with Crippen LogP contribution in [0.3, 0.4) is 0 Å². The van der Waals surface area contributed by atoms with Crippen LogP contribution < -0.4 is 14.4 Å². The first-order valence-electron chi connectivity index (χ1n) is 12.4. The summed E-state index contributed by atoms with van der Waals surface area (Å²) in [4.78, 5) is 28.4. The number of rotatable bonds is 7. The largest absolute Gasteiger partial charge is 0.507 e. The molecule has 1 heterocycles. The first-order chi connectivity index (χ1) is 17.6. The van der Waals surface area contributed by atoms with Gasteiger partial charge in [0.1, 0.15) is 17.3 Å². The third-order valence-corrected chi connectivity index (χ3v) is 6.49. The van der Waals surface area contributed by atoms with Crippen molar-refractivity contribution in [3.63, 3.8) is 0 Å². The average molecular weight is 500 g/mol.